The van der Waals surface area contributed by atoms with Gasteiger partial charge in [0, 0.05) is 6.07 Å². The van der Waals surface area contributed by atoms with E-state index in [9.17, 15) is 8.42 Å². The molecule has 27 heavy (non-hydrogen) atoms. The van der Waals surface area contributed by atoms with E-state index in [0.717, 1.165) is 0 Å². The topological polar surface area (TPSA) is 73.9 Å². The maximum Gasteiger partial charge on any atom is 0.262 e. The maximum absolute atomic E-state index is 12.7. The Hall–Kier alpha value is -3.19. The van der Waals surface area contributed by atoms with Crippen molar-refractivity contribution in [1.82, 2.24) is 0 Å². The third kappa shape index (κ3) is 4.51. The zero-order valence-corrected chi connectivity index (χ0v) is 15.7. The van der Waals surface area contributed by atoms with E-state index in [1.165, 1.54) is 26.4 Å². The summed E-state index contributed by atoms with van der Waals surface area (Å²) in [6.45, 7) is 0. The van der Waals surface area contributed by atoms with Gasteiger partial charge in [-0.05, 0) is 48.5 Å². The van der Waals surface area contributed by atoms with Crippen LogP contribution in [0.2, 0.25) is 0 Å². The van der Waals surface area contributed by atoms with E-state index < -0.39 is 10.0 Å². The number of hydrogen-bond donors (Lipinski definition) is 1. The molecule has 7 heteroatoms. The van der Waals surface area contributed by atoms with Gasteiger partial charge in [0.25, 0.3) is 10.0 Å². The highest BCUT2D eigenvalue weighted by atomic mass is 32.2. The van der Waals surface area contributed by atoms with Crippen LogP contribution >= 0.6 is 0 Å². The summed E-state index contributed by atoms with van der Waals surface area (Å²) in [4.78, 5) is 0.104. The van der Waals surface area contributed by atoms with Crippen LogP contribution in [0.5, 0.6) is 23.0 Å². The molecule has 0 aliphatic heterocycles. The van der Waals surface area contributed by atoms with Gasteiger partial charge in [0.2, 0.25) is 0 Å². The zero-order chi connectivity index (χ0) is 19.3. The number of methoxy groups -OCH3 is 2. The van der Waals surface area contributed by atoms with Crippen molar-refractivity contribution in [2.24, 2.45) is 0 Å². The van der Waals surface area contributed by atoms with Crippen molar-refractivity contribution in [2.45, 2.75) is 4.90 Å². The minimum Gasteiger partial charge on any atom is -0.497 e. The van der Waals surface area contributed by atoms with Gasteiger partial charge in [-0.1, -0.05) is 18.2 Å². The zero-order valence-electron chi connectivity index (χ0n) is 14.9. The summed E-state index contributed by atoms with van der Waals surface area (Å²) in [5.41, 5.74) is 0.293. The Morgan fingerprint density at radius 1 is 0.741 bits per heavy atom. The molecule has 0 saturated heterocycles. The van der Waals surface area contributed by atoms with E-state index in [1.807, 2.05) is 30.3 Å². The molecule has 6 nitrogen and oxygen atoms in total. The molecule has 0 fully saturated rings. The van der Waals surface area contributed by atoms with Crippen LogP contribution in [0.25, 0.3) is 0 Å². The summed E-state index contributed by atoms with van der Waals surface area (Å²) < 4.78 is 43.9. The number of para-hydroxylation sites is 1. The molecule has 0 amide bonds. The quantitative estimate of drug-likeness (QED) is 0.656. The highest BCUT2D eigenvalue weighted by molar-refractivity contribution is 7.92. The van der Waals surface area contributed by atoms with Gasteiger partial charge in [0.05, 0.1) is 24.8 Å². The van der Waals surface area contributed by atoms with E-state index in [4.69, 9.17) is 14.2 Å². The fourth-order valence-corrected chi connectivity index (χ4v) is 3.47. The first-order chi connectivity index (χ1) is 13.0. The van der Waals surface area contributed by atoms with E-state index in [2.05, 4.69) is 4.72 Å². The SMILES string of the molecule is COc1ccc(OC)c(NS(=O)(=O)c2ccc(Oc3ccccc3)cc2)c1. The van der Waals surface area contributed by atoms with Gasteiger partial charge in [-0.25, -0.2) is 8.42 Å². The normalized spacial score (nSPS) is 10.9. The van der Waals surface area contributed by atoms with Crippen LogP contribution in [0.3, 0.4) is 0 Å². The summed E-state index contributed by atoms with van der Waals surface area (Å²) in [6, 6.07) is 20.3. The molecule has 0 bridgehead atoms. The molecule has 3 aromatic carbocycles. The summed E-state index contributed by atoms with van der Waals surface area (Å²) in [6.07, 6.45) is 0. The predicted molar refractivity (Wildman–Crippen MR) is 103 cm³/mol. The Balaban J connectivity index is 1.81. The number of anilines is 1. The third-order valence-electron chi connectivity index (χ3n) is 3.76. The number of nitrogens with one attached hydrogen (secondary N) is 1. The van der Waals surface area contributed by atoms with Crippen molar-refractivity contribution in [2.75, 3.05) is 18.9 Å². The smallest absolute Gasteiger partial charge is 0.262 e. The molecule has 0 heterocycles. The van der Waals surface area contributed by atoms with Crippen molar-refractivity contribution >= 4 is 15.7 Å². The van der Waals surface area contributed by atoms with E-state index in [-0.39, 0.29) is 4.90 Å². The second kappa shape index (κ2) is 8.01. The molecule has 0 radical (unpaired) electrons. The fraction of sp³-hybridized carbons (Fsp3) is 0.100. The molecule has 0 aliphatic rings. The Morgan fingerprint density at radius 2 is 1.37 bits per heavy atom. The number of sulfonamides is 1. The second-order valence-electron chi connectivity index (χ2n) is 5.56. The number of rotatable bonds is 7. The van der Waals surface area contributed by atoms with Crippen LogP contribution in [0.15, 0.2) is 77.7 Å². The van der Waals surface area contributed by atoms with E-state index >= 15 is 0 Å². The molecule has 3 rings (SSSR count). The molecular weight excluding hydrogens is 366 g/mol. The minimum atomic E-state index is -3.80. The Morgan fingerprint density at radius 3 is 2.00 bits per heavy atom. The minimum absolute atomic E-state index is 0.104. The van der Waals surface area contributed by atoms with Crippen molar-refractivity contribution < 1.29 is 22.6 Å². The second-order valence-corrected chi connectivity index (χ2v) is 7.24. The van der Waals surface area contributed by atoms with Gasteiger partial charge < -0.3 is 14.2 Å². The van der Waals surface area contributed by atoms with Crippen LogP contribution in [0.1, 0.15) is 0 Å². The molecule has 3 aromatic rings. The summed E-state index contributed by atoms with van der Waals surface area (Å²) in [5.74, 6) is 2.12. The highest BCUT2D eigenvalue weighted by Gasteiger charge is 2.17. The Kier molecular flexibility index (Phi) is 5.52. The largest absolute Gasteiger partial charge is 0.497 e. The van der Waals surface area contributed by atoms with Gasteiger partial charge in [0.15, 0.2) is 0 Å². The molecule has 0 unspecified atom stereocenters. The average molecular weight is 385 g/mol. The molecule has 0 saturated carbocycles. The van der Waals surface area contributed by atoms with Gasteiger partial charge >= 0.3 is 0 Å². The van der Waals surface area contributed by atoms with E-state index in [0.29, 0.717) is 28.7 Å². The van der Waals surface area contributed by atoms with E-state index in [1.54, 1.807) is 30.3 Å². The molecular formula is C20H19NO5S. The molecule has 1 N–H and O–H groups in total. The highest BCUT2D eigenvalue weighted by Crippen LogP contribution is 2.31. The first kappa shape index (κ1) is 18.6. The van der Waals surface area contributed by atoms with Crippen LogP contribution in [0.4, 0.5) is 5.69 Å². The molecule has 0 aromatic heterocycles. The summed E-state index contributed by atoms with van der Waals surface area (Å²) >= 11 is 0. The van der Waals surface area contributed by atoms with Crippen molar-refractivity contribution in [3.8, 4) is 23.0 Å². The van der Waals surface area contributed by atoms with Crippen LogP contribution < -0.4 is 18.9 Å². The average Bonchev–Trinajstić information content (AvgIpc) is 2.69. The fourth-order valence-electron chi connectivity index (χ4n) is 2.41. The lowest BCUT2D eigenvalue weighted by Gasteiger charge is -2.13. The Bertz CT molecular complexity index is 1000. The molecule has 0 atom stereocenters. The molecule has 0 aliphatic carbocycles. The lowest BCUT2D eigenvalue weighted by molar-refractivity contribution is 0.405. The van der Waals surface area contributed by atoms with Gasteiger partial charge in [-0.15, -0.1) is 0 Å². The van der Waals surface area contributed by atoms with Crippen LogP contribution in [-0.2, 0) is 10.0 Å². The summed E-state index contributed by atoms with van der Waals surface area (Å²) in [7, 11) is -0.829. The molecule has 0 spiro atoms. The Labute approximate surface area is 158 Å². The predicted octanol–water partition coefficient (Wildman–Crippen LogP) is 4.30. The van der Waals surface area contributed by atoms with Crippen molar-refractivity contribution in [3.05, 3.63) is 72.8 Å². The van der Waals surface area contributed by atoms with Gasteiger partial charge in [0.1, 0.15) is 23.0 Å². The summed E-state index contributed by atoms with van der Waals surface area (Å²) in [5, 5.41) is 0. The van der Waals surface area contributed by atoms with Gasteiger partial charge in [-0.3, -0.25) is 4.72 Å². The van der Waals surface area contributed by atoms with Crippen molar-refractivity contribution in [1.29, 1.82) is 0 Å². The third-order valence-corrected chi connectivity index (χ3v) is 5.15. The monoisotopic (exact) mass is 385 g/mol. The lowest BCUT2D eigenvalue weighted by Crippen LogP contribution is -2.13. The number of ether oxygens (including phenoxy) is 3. The van der Waals surface area contributed by atoms with Crippen LogP contribution in [-0.4, -0.2) is 22.6 Å². The van der Waals surface area contributed by atoms with Crippen LogP contribution in [0, 0.1) is 0 Å². The number of hydrogen-bond acceptors (Lipinski definition) is 5. The maximum atomic E-state index is 12.7. The standard InChI is InChI=1S/C20H19NO5S/c1-24-17-10-13-20(25-2)19(14-17)21-27(22,23)18-11-8-16(9-12-18)26-15-6-4-3-5-7-15/h3-14,21H,1-2H3. The van der Waals surface area contributed by atoms with Crippen molar-refractivity contribution in [3.63, 3.8) is 0 Å². The van der Waals surface area contributed by atoms with Gasteiger partial charge in [-0.2, -0.15) is 0 Å². The number of benzene rings is 3. The lowest BCUT2D eigenvalue weighted by atomic mass is 10.3. The first-order valence-electron chi connectivity index (χ1n) is 8.09. The first-order valence-corrected chi connectivity index (χ1v) is 9.58. The molecule has 140 valence electrons.